The first-order chi connectivity index (χ1) is 29.8. The van der Waals surface area contributed by atoms with Crippen LogP contribution in [0.25, 0.3) is 45.1 Å². The number of carbonyl (C=O) groups excluding carboxylic acids is 3. The van der Waals surface area contributed by atoms with Crippen molar-refractivity contribution >= 4 is 63.8 Å². The molecule has 5 aromatic rings. The highest BCUT2D eigenvalue weighted by molar-refractivity contribution is 6.40. The number of halogens is 2. The van der Waals surface area contributed by atoms with E-state index >= 15 is 0 Å². The number of phenolic OH excluding ortho intramolecular Hbond substituents is 1. The molecule has 1 aliphatic carbocycles. The topological polar surface area (TPSA) is 160 Å². The van der Waals surface area contributed by atoms with Crippen LogP contribution in [0, 0.1) is 13.8 Å². The molecule has 5 aromatic carbocycles. The van der Waals surface area contributed by atoms with Crippen LogP contribution in [0.5, 0.6) is 17.2 Å². The fourth-order valence-electron chi connectivity index (χ4n) is 7.98. The van der Waals surface area contributed by atoms with E-state index < -0.39 is 11.9 Å². The Bertz CT molecular complexity index is 3150. The van der Waals surface area contributed by atoms with Crippen LogP contribution >= 0.6 is 23.2 Å². The molecular weight excluding hydrogens is 829 g/mol. The number of amides is 1. The first kappa shape index (κ1) is 43.1. The smallest absolute Gasteiger partial charge is 0.373 e. The summed E-state index contributed by atoms with van der Waals surface area (Å²) in [5.74, 6) is -0.289. The summed E-state index contributed by atoms with van der Waals surface area (Å²) in [7, 11) is 0. The van der Waals surface area contributed by atoms with Crippen LogP contribution in [-0.4, -0.2) is 28.2 Å². The maximum atomic E-state index is 14.1. The van der Waals surface area contributed by atoms with Crippen LogP contribution < -0.4 is 25.9 Å². The maximum absolute atomic E-state index is 14.1. The van der Waals surface area contributed by atoms with Gasteiger partial charge in [0.2, 0.25) is 0 Å². The summed E-state index contributed by atoms with van der Waals surface area (Å²) in [6.45, 7) is 8.29. The molecule has 2 aliphatic heterocycles. The summed E-state index contributed by atoms with van der Waals surface area (Å²) in [5.41, 5.74) is 7.59. The van der Waals surface area contributed by atoms with Crippen LogP contribution in [0.4, 0.5) is 0 Å². The fourth-order valence-corrected chi connectivity index (χ4v) is 8.59. The number of phenols is 1. The van der Waals surface area contributed by atoms with Gasteiger partial charge in [0.1, 0.15) is 28.6 Å². The van der Waals surface area contributed by atoms with Crippen LogP contribution in [0.2, 0.25) is 10.0 Å². The Morgan fingerprint density at radius 1 is 0.839 bits per heavy atom. The zero-order valence-electron chi connectivity index (χ0n) is 34.1. The number of ether oxygens (including phenoxy) is 1. The minimum atomic E-state index is -1.29. The predicted molar refractivity (Wildman–Crippen MR) is 238 cm³/mol. The van der Waals surface area contributed by atoms with E-state index in [1.807, 2.05) is 62.4 Å². The molecule has 1 amide bonds. The lowest BCUT2D eigenvalue weighted by Crippen LogP contribution is -2.26. The van der Waals surface area contributed by atoms with Gasteiger partial charge in [0.05, 0.1) is 21.2 Å². The number of rotatable bonds is 9. The molecule has 3 aliphatic rings. The summed E-state index contributed by atoms with van der Waals surface area (Å²) in [6, 6.07) is 26.3. The molecule has 2 heterocycles. The minimum absolute atomic E-state index is 0.0225. The third kappa shape index (κ3) is 8.24. The highest BCUT2D eigenvalue weighted by Crippen LogP contribution is 2.44. The summed E-state index contributed by atoms with van der Waals surface area (Å²) in [4.78, 5) is 55.6. The van der Waals surface area contributed by atoms with Crippen molar-refractivity contribution in [2.45, 2.75) is 53.5 Å². The van der Waals surface area contributed by atoms with Crippen molar-refractivity contribution in [3.8, 4) is 39.7 Å². The van der Waals surface area contributed by atoms with Gasteiger partial charge in [-0.15, -0.1) is 0 Å². The summed E-state index contributed by atoms with van der Waals surface area (Å²) in [5, 5.41) is 25.9. The van der Waals surface area contributed by atoms with Gasteiger partial charge in [-0.1, -0.05) is 73.8 Å². The standard InChI is InChI=1S/C49H39Cl2NO7.CO2/c1-5-7-29-19-39-35(17-25(29)3)44(36-18-26(4)30(8-6-2)20-40(36)58-39)46-45(49(56)57)38(50)23-37(47(46)51)48(55)52-24-27-9-11-28(12-10-27)43-33-15-13-31(53)21-41(33)59-42-22-32(54)14-16-34(42)43;2-1-3/h7,9-23,53H,5-6,8,24H2,1-4H3,(H,52,55)(H,56,57);/b29-7-;. The van der Waals surface area contributed by atoms with Crippen LogP contribution in [0.15, 0.2) is 100 Å². The number of carbonyl (C=O) groups is 2. The van der Waals surface area contributed by atoms with Gasteiger partial charge in [0.15, 0.2) is 5.43 Å². The second-order valence-corrected chi connectivity index (χ2v) is 15.7. The molecular formula is C50H39Cl2NO9. The number of fused-ring (bicyclic) bond motifs is 4. The van der Waals surface area contributed by atoms with E-state index in [0.717, 1.165) is 68.8 Å². The quantitative estimate of drug-likeness (QED) is 0.120. The molecule has 312 valence electrons. The largest absolute Gasteiger partial charge is 0.508 e. The fraction of sp³-hybridized carbons (Fsp3) is 0.160. The molecule has 0 atom stereocenters. The molecule has 0 radical (unpaired) electrons. The van der Waals surface area contributed by atoms with Crippen molar-refractivity contribution in [1.82, 2.24) is 5.32 Å². The van der Waals surface area contributed by atoms with E-state index in [4.69, 9.17) is 41.9 Å². The van der Waals surface area contributed by atoms with E-state index in [1.54, 1.807) is 18.2 Å². The van der Waals surface area contributed by atoms with Gasteiger partial charge in [-0.05, 0) is 114 Å². The van der Waals surface area contributed by atoms with E-state index in [1.165, 1.54) is 24.3 Å². The molecule has 12 heteroatoms. The first-order valence-electron chi connectivity index (χ1n) is 19.8. The number of hydrogen-bond acceptors (Lipinski definition) is 8. The van der Waals surface area contributed by atoms with Gasteiger partial charge >= 0.3 is 12.1 Å². The number of benzene rings is 6. The minimum Gasteiger partial charge on any atom is -0.508 e. The van der Waals surface area contributed by atoms with Gasteiger partial charge < -0.3 is 24.7 Å². The molecule has 3 N–H and O–H groups in total. The zero-order valence-corrected chi connectivity index (χ0v) is 35.6. The monoisotopic (exact) mass is 867 g/mol. The van der Waals surface area contributed by atoms with Gasteiger partial charge in [-0.25, -0.2) is 4.79 Å². The van der Waals surface area contributed by atoms with Crippen molar-refractivity contribution in [1.29, 1.82) is 0 Å². The highest BCUT2D eigenvalue weighted by Gasteiger charge is 2.31. The van der Waals surface area contributed by atoms with E-state index in [9.17, 15) is 24.6 Å². The van der Waals surface area contributed by atoms with E-state index in [-0.39, 0.29) is 50.6 Å². The third-order valence-corrected chi connectivity index (χ3v) is 11.5. The Morgan fingerprint density at radius 2 is 1.58 bits per heavy atom. The van der Waals surface area contributed by atoms with Crippen LogP contribution in [-0.2, 0) is 22.6 Å². The molecule has 0 aromatic heterocycles. The second-order valence-electron chi connectivity index (χ2n) is 14.9. The summed E-state index contributed by atoms with van der Waals surface area (Å²) < 4.78 is 12.6. The molecule has 0 unspecified atom stereocenters. The molecule has 0 saturated heterocycles. The van der Waals surface area contributed by atoms with Crippen molar-refractivity contribution < 1.29 is 38.5 Å². The average molecular weight is 869 g/mol. The lowest BCUT2D eigenvalue weighted by molar-refractivity contribution is -0.191. The van der Waals surface area contributed by atoms with Crippen molar-refractivity contribution in [2.75, 3.05) is 0 Å². The Balaban J connectivity index is 0.00000187. The van der Waals surface area contributed by atoms with Crippen LogP contribution in [0.3, 0.4) is 0 Å². The second kappa shape index (κ2) is 17.9. The Labute approximate surface area is 365 Å². The zero-order chi connectivity index (χ0) is 44.4. The summed E-state index contributed by atoms with van der Waals surface area (Å²) in [6.07, 6.45) is 4.94. The van der Waals surface area contributed by atoms with E-state index in [0.29, 0.717) is 39.2 Å². The first-order valence-corrected chi connectivity index (χ1v) is 20.5. The Kier molecular flexibility index (Phi) is 12.5. The SMILES string of the molecule is CC/C=c1/cc2c(cc1C)=C(c1c(Cl)c(C(=O)NCc3ccc(-c4c5ccc(=O)cc-5oc5cc(O)ccc45)cc3)cc(Cl)c1C(=O)O)c1cc(C)c(CCC)cc1O2.O=C=O. The Hall–Kier alpha value is -6.97. The van der Waals surface area contributed by atoms with Crippen LogP contribution in [0.1, 0.15) is 80.8 Å². The summed E-state index contributed by atoms with van der Waals surface area (Å²) >= 11 is 14.0. The van der Waals surface area contributed by atoms with Gasteiger partial charge in [-0.2, -0.15) is 9.59 Å². The number of carboxylic acids is 1. The molecule has 62 heavy (non-hydrogen) atoms. The van der Waals surface area contributed by atoms with Gasteiger partial charge in [-0.3, -0.25) is 9.59 Å². The third-order valence-electron chi connectivity index (χ3n) is 10.8. The number of hydrogen-bond donors (Lipinski definition) is 3. The molecule has 0 spiro atoms. The molecule has 0 bridgehead atoms. The lowest BCUT2D eigenvalue weighted by Gasteiger charge is -2.25. The Morgan fingerprint density at radius 3 is 2.27 bits per heavy atom. The number of aromatic carboxylic acids is 1. The average Bonchev–Trinajstić information content (AvgIpc) is 3.23. The number of nitrogens with one attached hydrogen (secondary N) is 1. The molecule has 8 rings (SSSR count). The predicted octanol–water partition coefficient (Wildman–Crippen LogP) is 9.73. The van der Waals surface area contributed by atoms with Gasteiger partial charge in [0, 0.05) is 57.1 Å². The normalized spacial score (nSPS) is 11.9. The maximum Gasteiger partial charge on any atom is 0.373 e. The van der Waals surface area contributed by atoms with E-state index in [2.05, 4.69) is 25.2 Å². The van der Waals surface area contributed by atoms with Crippen molar-refractivity contribution in [2.24, 2.45) is 0 Å². The number of aromatic hydroxyl groups is 1. The van der Waals surface area contributed by atoms with Gasteiger partial charge in [0.25, 0.3) is 5.91 Å². The lowest BCUT2D eigenvalue weighted by atomic mass is 9.86. The molecule has 0 fully saturated rings. The van der Waals surface area contributed by atoms with Crippen molar-refractivity contribution in [3.05, 3.63) is 166 Å². The molecule has 10 nitrogen and oxygen atoms in total. The number of aryl methyl sites for hydroxylation is 3. The van der Waals surface area contributed by atoms with Crippen molar-refractivity contribution in [3.63, 3.8) is 0 Å². The molecule has 0 saturated carbocycles. The number of carboxylic acid groups (broad SMARTS) is 1. The highest BCUT2D eigenvalue weighted by atomic mass is 35.5.